The van der Waals surface area contributed by atoms with Gasteiger partial charge in [0.25, 0.3) is 0 Å². The van der Waals surface area contributed by atoms with Crippen LogP contribution < -0.4 is 5.48 Å². The van der Waals surface area contributed by atoms with Crippen molar-refractivity contribution in [3.8, 4) is 0 Å². The summed E-state index contributed by atoms with van der Waals surface area (Å²) in [6.07, 6.45) is 13.3. The minimum Gasteiger partial charge on any atom is -0.233 e. The van der Waals surface area contributed by atoms with Crippen LogP contribution in [-0.2, 0) is 4.99 Å². The van der Waals surface area contributed by atoms with Crippen molar-refractivity contribution >= 4 is 0 Å². The third kappa shape index (κ3) is 13.9. The number of hydrogen-bond acceptors (Lipinski definition) is 3. The summed E-state index contributed by atoms with van der Waals surface area (Å²) in [5.41, 5.74) is 2.43. The normalized spacial score (nSPS) is 10.8. The Hall–Kier alpha value is -0.120. The Kier molecular flexibility index (Phi) is 13.8. The van der Waals surface area contributed by atoms with E-state index in [4.69, 9.17) is 5.26 Å². The van der Waals surface area contributed by atoms with Gasteiger partial charge < -0.3 is 0 Å². The molecule has 0 aromatic heterocycles. The fraction of sp³-hybridized carbons (Fsp3) is 1.00. The lowest BCUT2D eigenvalue weighted by molar-refractivity contribution is -0.291. The molecule has 15 heavy (non-hydrogen) atoms. The summed E-state index contributed by atoms with van der Waals surface area (Å²) in [5, 5.41) is 8.00. The van der Waals surface area contributed by atoms with Gasteiger partial charge in [-0.15, -0.1) is 4.99 Å². The van der Waals surface area contributed by atoms with Crippen LogP contribution in [0.15, 0.2) is 0 Å². The molecule has 3 nitrogen and oxygen atoms in total. The minimum absolute atomic E-state index is 0.743. The Balaban J connectivity index is 2.81. The van der Waals surface area contributed by atoms with Gasteiger partial charge in [0.15, 0.2) is 0 Å². The molecule has 0 amide bonds. The molecule has 3 heteroatoms. The van der Waals surface area contributed by atoms with E-state index in [1.165, 1.54) is 57.8 Å². The first-order chi connectivity index (χ1) is 7.41. The molecule has 0 heterocycles. The van der Waals surface area contributed by atoms with Crippen LogP contribution in [0, 0.1) is 0 Å². The number of nitrogens with one attached hydrogen (secondary N) is 1. The van der Waals surface area contributed by atoms with E-state index in [0.717, 1.165) is 13.0 Å². The quantitative estimate of drug-likeness (QED) is 0.296. The summed E-state index contributed by atoms with van der Waals surface area (Å²) < 4.78 is 0. The van der Waals surface area contributed by atoms with E-state index in [-0.39, 0.29) is 0 Å². The maximum absolute atomic E-state index is 8.00. The van der Waals surface area contributed by atoms with Crippen molar-refractivity contribution in [1.82, 2.24) is 5.48 Å². The molecule has 0 saturated heterocycles. The van der Waals surface area contributed by atoms with Gasteiger partial charge in [0.05, 0.1) is 0 Å². The summed E-state index contributed by atoms with van der Waals surface area (Å²) in [5.74, 6) is 0. The molecule has 0 unspecified atom stereocenters. The van der Waals surface area contributed by atoms with Gasteiger partial charge in [0.2, 0.25) is 0 Å². The average molecular weight is 217 g/mol. The number of rotatable bonds is 12. The van der Waals surface area contributed by atoms with Crippen molar-refractivity contribution in [2.24, 2.45) is 0 Å². The molecule has 92 valence electrons. The van der Waals surface area contributed by atoms with Crippen molar-refractivity contribution in [3.63, 3.8) is 0 Å². The Bertz CT molecular complexity index is 97.8. The predicted octanol–water partition coefficient (Wildman–Crippen LogP) is 3.90. The Morgan fingerprint density at radius 2 is 1.27 bits per heavy atom. The topological polar surface area (TPSA) is 41.5 Å². The Morgan fingerprint density at radius 3 is 1.73 bits per heavy atom. The first-order valence-electron chi connectivity index (χ1n) is 6.45. The Labute approximate surface area is 94.1 Å². The van der Waals surface area contributed by atoms with Crippen LogP contribution in [0.5, 0.6) is 0 Å². The monoisotopic (exact) mass is 217 g/mol. The SMILES string of the molecule is CCCCCCCCCCCCNOO. The number of hydroxylamine groups is 1. The molecule has 0 atom stereocenters. The van der Waals surface area contributed by atoms with E-state index >= 15 is 0 Å². The molecule has 0 aliphatic rings. The summed E-state index contributed by atoms with van der Waals surface area (Å²) >= 11 is 0. The van der Waals surface area contributed by atoms with Crippen molar-refractivity contribution in [3.05, 3.63) is 0 Å². The van der Waals surface area contributed by atoms with Crippen molar-refractivity contribution in [1.29, 1.82) is 0 Å². The smallest absolute Gasteiger partial charge is 0.0239 e. The van der Waals surface area contributed by atoms with Crippen LogP contribution in [0.3, 0.4) is 0 Å². The largest absolute Gasteiger partial charge is 0.233 e. The summed E-state index contributed by atoms with van der Waals surface area (Å²) in [7, 11) is 0. The highest BCUT2D eigenvalue weighted by Gasteiger charge is 1.92. The first-order valence-corrected chi connectivity index (χ1v) is 6.45. The van der Waals surface area contributed by atoms with Gasteiger partial charge in [-0.1, -0.05) is 64.7 Å². The van der Waals surface area contributed by atoms with Crippen LogP contribution >= 0.6 is 0 Å². The maximum Gasteiger partial charge on any atom is 0.0239 e. The van der Waals surface area contributed by atoms with Crippen LogP contribution in [0.2, 0.25) is 0 Å². The highest BCUT2D eigenvalue weighted by atomic mass is 17.2. The van der Waals surface area contributed by atoms with Gasteiger partial charge in [0, 0.05) is 6.54 Å². The van der Waals surface area contributed by atoms with Gasteiger partial charge in [-0.3, -0.25) is 0 Å². The maximum atomic E-state index is 8.00. The number of unbranched alkanes of at least 4 members (excludes halogenated alkanes) is 9. The third-order valence-electron chi connectivity index (χ3n) is 2.70. The van der Waals surface area contributed by atoms with E-state index in [1.807, 2.05) is 0 Å². The van der Waals surface area contributed by atoms with E-state index in [2.05, 4.69) is 17.4 Å². The van der Waals surface area contributed by atoms with Crippen molar-refractivity contribution in [2.75, 3.05) is 6.54 Å². The van der Waals surface area contributed by atoms with E-state index in [1.54, 1.807) is 0 Å². The van der Waals surface area contributed by atoms with Crippen molar-refractivity contribution in [2.45, 2.75) is 71.1 Å². The van der Waals surface area contributed by atoms with Gasteiger partial charge in [-0.25, -0.2) is 5.26 Å². The molecular weight excluding hydrogens is 190 g/mol. The molecule has 0 aliphatic heterocycles. The average Bonchev–Trinajstić information content (AvgIpc) is 2.26. The van der Waals surface area contributed by atoms with Crippen LogP contribution in [0.1, 0.15) is 71.1 Å². The molecule has 0 fully saturated rings. The predicted molar refractivity (Wildman–Crippen MR) is 63.6 cm³/mol. The van der Waals surface area contributed by atoms with Gasteiger partial charge >= 0.3 is 0 Å². The molecule has 0 spiro atoms. The minimum atomic E-state index is 0.743. The zero-order valence-corrected chi connectivity index (χ0v) is 10.1. The van der Waals surface area contributed by atoms with E-state index in [0.29, 0.717) is 0 Å². The van der Waals surface area contributed by atoms with Crippen LogP contribution in [-0.4, -0.2) is 11.8 Å². The molecule has 0 bridgehead atoms. The molecule has 0 radical (unpaired) electrons. The molecule has 0 saturated carbocycles. The zero-order chi connectivity index (χ0) is 11.2. The second-order valence-corrected chi connectivity index (χ2v) is 4.17. The van der Waals surface area contributed by atoms with E-state index < -0.39 is 0 Å². The first kappa shape index (κ1) is 14.9. The lowest BCUT2D eigenvalue weighted by Crippen LogP contribution is -2.13. The Morgan fingerprint density at radius 1 is 0.800 bits per heavy atom. The third-order valence-corrected chi connectivity index (χ3v) is 2.70. The fourth-order valence-electron chi connectivity index (χ4n) is 1.73. The van der Waals surface area contributed by atoms with Gasteiger partial charge in [-0.05, 0) is 6.42 Å². The van der Waals surface area contributed by atoms with Gasteiger partial charge in [-0.2, -0.15) is 5.48 Å². The highest BCUT2D eigenvalue weighted by Crippen LogP contribution is 2.10. The molecule has 2 N–H and O–H groups in total. The highest BCUT2D eigenvalue weighted by molar-refractivity contribution is 4.47. The summed E-state index contributed by atoms with van der Waals surface area (Å²) in [4.78, 5) is 3.77. The zero-order valence-electron chi connectivity index (χ0n) is 10.1. The lowest BCUT2D eigenvalue weighted by Gasteiger charge is -2.02. The fourth-order valence-corrected chi connectivity index (χ4v) is 1.73. The second kappa shape index (κ2) is 13.9. The molecule has 0 rings (SSSR count). The number of hydrogen-bond donors (Lipinski definition) is 2. The van der Waals surface area contributed by atoms with Crippen LogP contribution in [0.4, 0.5) is 0 Å². The van der Waals surface area contributed by atoms with Crippen molar-refractivity contribution < 1.29 is 10.2 Å². The molecular formula is C12H27NO2. The standard InChI is InChI=1S/C12H27NO2/c1-2-3-4-5-6-7-8-9-10-11-12-13-15-14/h13-14H,2-12H2,1H3. The molecule has 0 aliphatic carbocycles. The summed E-state index contributed by atoms with van der Waals surface area (Å²) in [6.45, 7) is 3.00. The lowest BCUT2D eigenvalue weighted by atomic mass is 10.1. The molecule has 0 aromatic rings. The van der Waals surface area contributed by atoms with Crippen LogP contribution in [0.25, 0.3) is 0 Å². The van der Waals surface area contributed by atoms with E-state index in [9.17, 15) is 0 Å². The van der Waals surface area contributed by atoms with Gasteiger partial charge in [0.1, 0.15) is 0 Å². The second-order valence-electron chi connectivity index (χ2n) is 4.17. The summed E-state index contributed by atoms with van der Waals surface area (Å²) in [6, 6.07) is 0. The molecule has 0 aromatic carbocycles.